The largest absolute Gasteiger partial charge is 0.416 e. The molecule has 218 valence electrons. The van der Waals surface area contributed by atoms with Crippen molar-refractivity contribution < 1.29 is 36.0 Å². The molecule has 11 nitrogen and oxygen atoms in total. The summed E-state index contributed by atoms with van der Waals surface area (Å²) < 4.78 is 64.0. The molecule has 0 saturated heterocycles. The predicted molar refractivity (Wildman–Crippen MR) is 143 cm³/mol. The fraction of sp³-hybridized carbons (Fsp3) is 0.231. The Morgan fingerprint density at radius 1 is 0.976 bits per heavy atom. The third kappa shape index (κ3) is 7.72. The van der Waals surface area contributed by atoms with E-state index in [1.807, 2.05) is 0 Å². The van der Waals surface area contributed by atoms with E-state index >= 15 is 0 Å². The number of aryl methyl sites for hydroxylation is 1. The average Bonchev–Trinajstić information content (AvgIpc) is 2.89. The topological polar surface area (TPSA) is 158 Å². The van der Waals surface area contributed by atoms with Crippen LogP contribution in [0.1, 0.15) is 44.5 Å². The number of aromatic amines is 1. The maximum Gasteiger partial charge on any atom is 0.416 e. The van der Waals surface area contributed by atoms with E-state index < -0.39 is 50.5 Å². The van der Waals surface area contributed by atoms with E-state index in [2.05, 4.69) is 21.2 Å². The maximum atomic E-state index is 13.7. The lowest BCUT2D eigenvalue weighted by atomic mass is 10.1. The molecular weight excluding hydrogens is 567 g/mol. The molecule has 0 saturated carbocycles. The van der Waals surface area contributed by atoms with Crippen molar-refractivity contribution in [2.75, 3.05) is 17.7 Å². The van der Waals surface area contributed by atoms with Crippen molar-refractivity contribution in [2.24, 2.45) is 0 Å². The molecule has 3 rings (SSSR count). The Bertz CT molecular complexity index is 1640. The van der Waals surface area contributed by atoms with E-state index in [0.717, 1.165) is 35.4 Å². The van der Waals surface area contributed by atoms with Gasteiger partial charge in [0.1, 0.15) is 5.56 Å². The molecule has 0 fully saturated rings. The zero-order chi connectivity index (χ0) is 30.5. The van der Waals surface area contributed by atoms with Gasteiger partial charge in [0.2, 0.25) is 0 Å². The van der Waals surface area contributed by atoms with Gasteiger partial charge in [0, 0.05) is 24.2 Å². The van der Waals surface area contributed by atoms with Crippen LogP contribution in [0.2, 0.25) is 0 Å². The normalized spacial score (nSPS) is 11.5. The van der Waals surface area contributed by atoms with Crippen molar-refractivity contribution in [1.29, 1.82) is 0 Å². The first-order valence-electron chi connectivity index (χ1n) is 12.0. The number of halogens is 3. The number of hydrazine groups is 1. The second-order valence-electron chi connectivity index (χ2n) is 8.84. The van der Waals surface area contributed by atoms with Gasteiger partial charge in [-0.2, -0.15) is 13.2 Å². The van der Waals surface area contributed by atoms with E-state index in [9.17, 15) is 40.8 Å². The Balaban J connectivity index is 2.06. The van der Waals surface area contributed by atoms with Crippen LogP contribution in [0.25, 0.3) is 0 Å². The number of aromatic nitrogens is 1. The lowest BCUT2D eigenvalue weighted by Gasteiger charge is -2.24. The Morgan fingerprint density at radius 3 is 2.22 bits per heavy atom. The summed E-state index contributed by atoms with van der Waals surface area (Å²) in [5.74, 6) is -1.91. The minimum absolute atomic E-state index is 0.00921. The molecule has 0 radical (unpaired) electrons. The number of benzene rings is 2. The van der Waals surface area contributed by atoms with Gasteiger partial charge in [-0.3, -0.25) is 19.8 Å². The second kappa shape index (κ2) is 12.2. The molecule has 3 aromatic rings. The van der Waals surface area contributed by atoms with Gasteiger partial charge in [0.05, 0.1) is 22.6 Å². The smallest absolute Gasteiger partial charge is 0.337 e. The van der Waals surface area contributed by atoms with E-state index in [0.29, 0.717) is 5.56 Å². The van der Waals surface area contributed by atoms with E-state index in [1.54, 1.807) is 6.92 Å². The summed E-state index contributed by atoms with van der Waals surface area (Å²) in [6, 6.07) is 9.47. The van der Waals surface area contributed by atoms with Crippen LogP contribution in [0.5, 0.6) is 0 Å². The maximum absolute atomic E-state index is 13.7. The lowest BCUT2D eigenvalue weighted by Crippen LogP contribution is -2.47. The Hall–Kier alpha value is -4.66. The Kier molecular flexibility index (Phi) is 9.22. The minimum Gasteiger partial charge on any atom is -0.337 e. The molecule has 41 heavy (non-hydrogen) atoms. The highest BCUT2D eigenvalue weighted by molar-refractivity contribution is 7.90. The number of rotatable bonds is 7. The van der Waals surface area contributed by atoms with Crippen molar-refractivity contribution in [1.82, 2.24) is 21.2 Å². The molecule has 0 bridgehead atoms. The first-order valence-corrected chi connectivity index (χ1v) is 13.9. The van der Waals surface area contributed by atoms with Gasteiger partial charge in [0.15, 0.2) is 9.84 Å². The molecule has 2 aromatic carbocycles. The molecule has 15 heteroatoms. The van der Waals surface area contributed by atoms with Gasteiger partial charge >= 0.3 is 12.2 Å². The highest BCUT2D eigenvalue weighted by Gasteiger charge is 2.32. The summed E-state index contributed by atoms with van der Waals surface area (Å²) in [6.45, 7) is 2.96. The number of hydrogen-bond acceptors (Lipinski definition) is 6. The third-order valence-electron chi connectivity index (χ3n) is 5.76. The fourth-order valence-corrected chi connectivity index (χ4v) is 4.33. The van der Waals surface area contributed by atoms with Crippen LogP contribution >= 0.6 is 0 Å². The summed E-state index contributed by atoms with van der Waals surface area (Å²) in [5.41, 5.74) is 1.71. The predicted octanol–water partition coefficient (Wildman–Crippen LogP) is 2.92. The minimum atomic E-state index is -4.73. The van der Waals surface area contributed by atoms with Crippen LogP contribution in [-0.2, 0) is 22.6 Å². The zero-order valence-corrected chi connectivity index (χ0v) is 22.9. The SMILES string of the molecule is CCNC(=O)NNC(=O)c1cc(C(=O)N(Cc2ccc(S(C)(=O)=O)cc2)c2cccc(C(F)(F)F)c2)c(=O)[nH]c1C. The molecule has 0 unspecified atom stereocenters. The summed E-state index contributed by atoms with van der Waals surface area (Å²) in [7, 11) is -3.54. The molecule has 0 aliphatic rings. The van der Waals surface area contributed by atoms with Crippen molar-refractivity contribution in [3.05, 3.63) is 92.9 Å². The Labute approximate surface area is 232 Å². The fourth-order valence-electron chi connectivity index (χ4n) is 3.70. The van der Waals surface area contributed by atoms with Crippen LogP contribution in [0.4, 0.5) is 23.7 Å². The first kappa shape index (κ1) is 30.9. The van der Waals surface area contributed by atoms with Crippen LogP contribution in [0.3, 0.4) is 0 Å². The molecule has 0 aliphatic heterocycles. The number of urea groups is 1. The van der Waals surface area contributed by atoms with Gasteiger partial charge in [-0.05, 0) is 55.8 Å². The summed E-state index contributed by atoms with van der Waals surface area (Å²) in [4.78, 5) is 54.1. The van der Waals surface area contributed by atoms with Crippen LogP contribution in [-0.4, -0.2) is 44.0 Å². The van der Waals surface area contributed by atoms with Crippen LogP contribution in [0, 0.1) is 6.92 Å². The number of H-pyrrole nitrogens is 1. The molecule has 1 aromatic heterocycles. The average molecular weight is 594 g/mol. The zero-order valence-electron chi connectivity index (χ0n) is 22.0. The van der Waals surface area contributed by atoms with Crippen molar-refractivity contribution in [3.8, 4) is 0 Å². The number of alkyl halides is 3. The molecule has 4 N–H and O–H groups in total. The molecule has 0 spiro atoms. The number of carbonyl (C=O) groups excluding carboxylic acids is 3. The van der Waals surface area contributed by atoms with Crippen LogP contribution in [0.15, 0.2) is 64.3 Å². The van der Waals surface area contributed by atoms with Gasteiger partial charge in [0.25, 0.3) is 17.4 Å². The highest BCUT2D eigenvalue weighted by Crippen LogP contribution is 2.32. The first-order chi connectivity index (χ1) is 19.1. The quantitative estimate of drug-likeness (QED) is 0.309. The standard InChI is InChI=1S/C26H26F3N5O6S/c1-4-30-25(38)33-32-23(36)20-13-21(22(35)31-15(20)2)24(37)34(18-7-5-6-17(12-18)26(27,28)29)14-16-8-10-19(11-9-16)41(3,39)40/h5-13H,4,14H2,1-3H3,(H,31,35)(H,32,36)(H2,30,33,38). The van der Waals surface area contributed by atoms with Crippen LogP contribution < -0.4 is 26.6 Å². The summed E-state index contributed by atoms with van der Waals surface area (Å²) in [5, 5.41) is 2.39. The second-order valence-corrected chi connectivity index (χ2v) is 10.9. The van der Waals surface area contributed by atoms with Gasteiger partial charge < -0.3 is 15.2 Å². The highest BCUT2D eigenvalue weighted by atomic mass is 32.2. The van der Waals surface area contributed by atoms with E-state index in [1.165, 1.54) is 37.3 Å². The summed E-state index contributed by atoms with van der Waals surface area (Å²) >= 11 is 0. The number of nitrogens with zero attached hydrogens (tertiary/aromatic N) is 1. The number of anilines is 1. The number of hydrogen-bond donors (Lipinski definition) is 4. The van der Waals surface area contributed by atoms with E-state index in [-0.39, 0.29) is 34.9 Å². The molecule has 4 amide bonds. The van der Waals surface area contributed by atoms with E-state index in [4.69, 9.17) is 0 Å². The number of amides is 4. The van der Waals surface area contributed by atoms with Crippen molar-refractivity contribution in [2.45, 2.75) is 31.5 Å². The van der Waals surface area contributed by atoms with Gasteiger partial charge in [-0.25, -0.2) is 18.6 Å². The van der Waals surface area contributed by atoms with Gasteiger partial charge in [-0.15, -0.1) is 0 Å². The number of pyridine rings is 1. The molecular formula is C26H26F3N5O6S. The number of carbonyl (C=O) groups is 3. The number of nitrogens with one attached hydrogen (secondary N) is 4. The lowest BCUT2D eigenvalue weighted by molar-refractivity contribution is -0.137. The molecule has 0 atom stereocenters. The monoisotopic (exact) mass is 593 g/mol. The van der Waals surface area contributed by atoms with Crippen molar-refractivity contribution >= 4 is 33.4 Å². The molecule has 1 heterocycles. The number of sulfone groups is 1. The summed E-state index contributed by atoms with van der Waals surface area (Å²) in [6.07, 6.45) is -3.73. The van der Waals surface area contributed by atoms with Crippen molar-refractivity contribution in [3.63, 3.8) is 0 Å². The Morgan fingerprint density at radius 2 is 1.63 bits per heavy atom. The van der Waals surface area contributed by atoms with Gasteiger partial charge in [-0.1, -0.05) is 18.2 Å². The third-order valence-corrected chi connectivity index (χ3v) is 6.89. The molecule has 0 aliphatic carbocycles.